The van der Waals surface area contributed by atoms with Gasteiger partial charge in [-0.05, 0) is 43.5 Å². The minimum atomic E-state index is -4.42. The van der Waals surface area contributed by atoms with Crippen LogP contribution in [0.1, 0.15) is 35.2 Å². The van der Waals surface area contributed by atoms with Gasteiger partial charge in [0.05, 0.1) is 18.3 Å². The van der Waals surface area contributed by atoms with Crippen LogP contribution in [-0.4, -0.2) is 64.5 Å². The molecule has 1 aromatic rings. The number of alkyl halides is 3. The molecule has 1 heterocycles. The normalized spacial score (nSPS) is 16.5. The summed E-state index contributed by atoms with van der Waals surface area (Å²) in [6, 6.07) is 4.10. The van der Waals surface area contributed by atoms with Crippen molar-refractivity contribution in [3.05, 3.63) is 35.4 Å². The Labute approximate surface area is 197 Å². The van der Waals surface area contributed by atoms with E-state index in [2.05, 4.69) is 20.9 Å². The lowest BCUT2D eigenvalue weighted by Gasteiger charge is -2.13. The molecule has 1 amide bonds. The molecule has 0 aliphatic carbocycles. The monoisotopic (exact) mass is 558 g/mol. The lowest BCUT2D eigenvalue weighted by atomic mass is 10.1. The Morgan fingerprint density at radius 2 is 1.84 bits per heavy atom. The smallest absolute Gasteiger partial charge is 0.379 e. The van der Waals surface area contributed by atoms with Gasteiger partial charge in [0.25, 0.3) is 5.91 Å². The molecule has 0 spiro atoms. The van der Waals surface area contributed by atoms with Gasteiger partial charge >= 0.3 is 6.18 Å². The predicted molar refractivity (Wildman–Crippen MR) is 123 cm³/mol. The van der Waals surface area contributed by atoms with Crippen LogP contribution in [0, 0.1) is 0 Å². The number of aliphatic imine (C=N–C) groups is 1. The second-order valence-corrected chi connectivity index (χ2v) is 6.82. The Hall–Kier alpha value is -1.60. The molecule has 1 aliphatic rings. The number of hydrogen-bond donors (Lipinski definition) is 3. The summed E-state index contributed by atoms with van der Waals surface area (Å²) >= 11 is 0. The van der Waals surface area contributed by atoms with Crippen molar-refractivity contribution in [3.8, 4) is 0 Å². The molecule has 11 heteroatoms. The number of guanidine groups is 1. The molecule has 2 rings (SSSR count). The first-order chi connectivity index (χ1) is 14.4. The molecule has 0 aromatic heterocycles. The van der Waals surface area contributed by atoms with E-state index in [4.69, 9.17) is 9.47 Å². The predicted octanol–water partition coefficient (Wildman–Crippen LogP) is 2.80. The van der Waals surface area contributed by atoms with Crippen molar-refractivity contribution in [3.63, 3.8) is 0 Å². The van der Waals surface area contributed by atoms with E-state index in [9.17, 15) is 18.0 Å². The number of nitrogens with zero attached hydrogens (tertiary/aromatic N) is 1. The molecule has 1 fully saturated rings. The number of carbonyl (C=O) groups excluding carboxylic acids is 1. The molecule has 7 nitrogen and oxygen atoms in total. The summed E-state index contributed by atoms with van der Waals surface area (Å²) in [7, 11) is 1.64. The summed E-state index contributed by atoms with van der Waals surface area (Å²) < 4.78 is 48.7. The maximum Gasteiger partial charge on any atom is 0.416 e. The van der Waals surface area contributed by atoms with Gasteiger partial charge in [-0.15, -0.1) is 24.0 Å². The second-order valence-electron chi connectivity index (χ2n) is 6.82. The standard InChI is InChI=1S/C20H29F3N4O3.HI/c1-24-19(26-9-3-12-29-14-17-4-2-13-30-17)27-11-10-25-18(28)15-5-7-16(8-6-15)20(21,22)23;/h5-8,17H,2-4,9-14H2,1H3,(H,25,28)(H2,24,26,27);1H. The van der Waals surface area contributed by atoms with E-state index in [1.54, 1.807) is 7.05 Å². The largest absolute Gasteiger partial charge is 0.416 e. The molecule has 1 aromatic carbocycles. The van der Waals surface area contributed by atoms with E-state index in [-0.39, 0.29) is 35.6 Å². The molecule has 1 unspecified atom stereocenters. The van der Waals surface area contributed by atoms with Gasteiger partial charge in [-0.2, -0.15) is 13.2 Å². The molecular formula is C20H30F3IN4O3. The van der Waals surface area contributed by atoms with E-state index in [1.165, 1.54) is 0 Å². The number of amides is 1. The second kappa shape index (κ2) is 14.5. The fraction of sp³-hybridized carbons (Fsp3) is 0.600. The third-order valence-electron chi connectivity index (χ3n) is 4.49. The lowest BCUT2D eigenvalue weighted by molar-refractivity contribution is -0.137. The SMILES string of the molecule is CN=C(NCCCOCC1CCCO1)NCCNC(=O)c1ccc(C(F)(F)F)cc1.I. The summed E-state index contributed by atoms with van der Waals surface area (Å²) in [5.41, 5.74) is -0.610. The topological polar surface area (TPSA) is 84.0 Å². The third kappa shape index (κ3) is 10.5. The molecule has 176 valence electrons. The number of rotatable bonds is 10. The molecule has 0 radical (unpaired) electrons. The van der Waals surface area contributed by atoms with E-state index in [0.717, 1.165) is 50.1 Å². The van der Waals surface area contributed by atoms with Crippen molar-refractivity contribution in [2.24, 2.45) is 4.99 Å². The average molecular weight is 558 g/mol. The highest BCUT2D eigenvalue weighted by molar-refractivity contribution is 14.0. The Morgan fingerprint density at radius 1 is 1.16 bits per heavy atom. The van der Waals surface area contributed by atoms with Gasteiger partial charge in [0.1, 0.15) is 0 Å². The minimum Gasteiger partial charge on any atom is -0.379 e. The van der Waals surface area contributed by atoms with Crippen molar-refractivity contribution in [1.29, 1.82) is 0 Å². The first kappa shape index (κ1) is 27.4. The summed E-state index contributed by atoms with van der Waals surface area (Å²) in [6.07, 6.45) is -1.21. The number of nitrogens with one attached hydrogen (secondary N) is 3. The zero-order valence-electron chi connectivity index (χ0n) is 17.5. The van der Waals surface area contributed by atoms with E-state index in [1.807, 2.05) is 0 Å². The van der Waals surface area contributed by atoms with Crippen LogP contribution in [0.15, 0.2) is 29.3 Å². The summed E-state index contributed by atoms with van der Waals surface area (Å²) in [6.45, 7) is 3.48. The third-order valence-corrected chi connectivity index (χ3v) is 4.49. The summed E-state index contributed by atoms with van der Waals surface area (Å²) in [4.78, 5) is 16.1. The van der Waals surface area contributed by atoms with Gasteiger partial charge in [0, 0.05) is 45.5 Å². The van der Waals surface area contributed by atoms with Gasteiger partial charge in [0.2, 0.25) is 0 Å². The highest BCUT2D eigenvalue weighted by Crippen LogP contribution is 2.29. The van der Waals surface area contributed by atoms with Gasteiger partial charge < -0.3 is 25.4 Å². The maximum absolute atomic E-state index is 12.6. The fourth-order valence-electron chi connectivity index (χ4n) is 2.86. The van der Waals surface area contributed by atoms with Crippen LogP contribution in [-0.2, 0) is 15.7 Å². The van der Waals surface area contributed by atoms with Crippen LogP contribution < -0.4 is 16.0 Å². The van der Waals surface area contributed by atoms with E-state index < -0.39 is 17.6 Å². The molecule has 1 aliphatic heterocycles. The molecule has 3 N–H and O–H groups in total. The fourth-order valence-corrected chi connectivity index (χ4v) is 2.86. The van der Waals surface area contributed by atoms with Crippen LogP contribution in [0.5, 0.6) is 0 Å². The Morgan fingerprint density at radius 3 is 2.45 bits per heavy atom. The molecule has 0 saturated carbocycles. The highest BCUT2D eigenvalue weighted by atomic mass is 127. The summed E-state index contributed by atoms with van der Waals surface area (Å²) in [5.74, 6) is 0.162. The average Bonchev–Trinajstić information content (AvgIpc) is 3.24. The lowest BCUT2D eigenvalue weighted by Crippen LogP contribution is -2.42. The van der Waals surface area contributed by atoms with Gasteiger partial charge in [0.15, 0.2) is 5.96 Å². The first-order valence-corrected chi connectivity index (χ1v) is 9.99. The number of benzene rings is 1. The Bertz CT molecular complexity index is 681. The quantitative estimate of drug-likeness (QED) is 0.178. The van der Waals surface area contributed by atoms with Crippen molar-refractivity contribution >= 4 is 35.8 Å². The first-order valence-electron chi connectivity index (χ1n) is 9.99. The minimum absolute atomic E-state index is 0. The molecule has 1 saturated heterocycles. The number of hydrogen-bond acceptors (Lipinski definition) is 4. The number of ether oxygens (including phenoxy) is 2. The van der Waals surface area contributed by atoms with Crippen molar-refractivity contribution in [2.45, 2.75) is 31.5 Å². The van der Waals surface area contributed by atoms with Crippen LogP contribution >= 0.6 is 24.0 Å². The van der Waals surface area contributed by atoms with Gasteiger partial charge in [-0.3, -0.25) is 9.79 Å². The van der Waals surface area contributed by atoms with Crippen LogP contribution in [0.2, 0.25) is 0 Å². The highest BCUT2D eigenvalue weighted by Gasteiger charge is 2.30. The zero-order valence-corrected chi connectivity index (χ0v) is 19.8. The summed E-state index contributed by atoms with van der Waals surface area (Å²) in [5, 5.41) is 8.85. The van der Waals surface area contributed by atoms with Crippen LogP contribution in [0.4, 0.5) is 13.2 Å². The van der Waals surface area contributed by atoms with Crippen LogP contribution in [0.25, 0.3) is 0 Å². The molecule has 31 heavy (non-hydrogen) atoms. The Balaban J connectivity index is 0.00000480. The van der Waals surface area contributed by atoms with Gasteiger partial charge in [-0.25, -0.2) is 0 Å². The van der Waals surface area contributed by atoms with Crippen molar-refractivity contribution in [1.82, 2.24) is 16.0 Å². The van der Waals surface area contributed by atoms with Crippen molar-refractivity contribution in [2.75, 3.05) is 46.5 Å². The van der Waals surface area contributed by atoms with Crippen molar-refractivity contribution < 1.29 is 27.4 Å². The number of halogens is 4. The van der Waals surface area contributed by atoms with E-state index >= 15 is 0 Å². The van der Waals surface area contributed by atoms with Crippen LogP contribution in [0.3, 0.4) is 0 Å². The molecule has 0 bridgehead atoms. The van der Waals surface area contributed by atoms with E-state index in [0.29, 0.717) is 38.8 Å². The Kier molecular flexibility index (Phi) is 12.8. The number of carbonyl (C=O) groups is 1. The maximum atomic E-state index is 12.6. The zero-order chi connectivity index (χ0) is 21.8. The molecule has 1 atom stereocenters. The molecular weight excluding hydrogens is 528 g/mol. The van der Waals surface area contributed by atoms with Gasteiger partial charge in [-0.1, -0.05) is 0 Å².